The Balaban J connectivity index is 1.73. The lowest BCUT2D eigenvalue weighted by molar-refractivity contribution is -0.135. The second kappa shape index (κ2) is 8.96. The number of fused-ring (bicyclic) bond motifs is 1. The molecule has 0 aliphatic carbocycles. The number of rotatable bonds is 6. The van der Waals surface area contributed by atoms with Gasteiger partial charge in [-0.25, -0.2) is 4.98 Å². The van der Waals surface area contributed by atoms with E-state index in [-0.39, 0.29) is 11.0 Å². The predicted octanol–water partition coefficient (Wildman–Crippen LogP) is 2.71. The summed E-state index contributed by atoms with van der Waals surface area (Å²) in [7, 11) is 1.45. The van der Waals surface area contributed by atoms with Crippen LogP contribution in [0.2, 0.25) is 0 Å². The standard InChI is InChI=1S/C25H21N3O5/c1-28-23-18(22(31)21(25(28)33)24(32)26-14-20(29)30)10-11-19(27-23)17-9-5-8-16(13-17)12-15-6-3-2-4-7-15/h2-11,13,31H,12,14H2,1H3,(H,26,32)(H,29,30). The number of benzene rings is 2. The first-order chi connectivity index (χ1) is 15.8. The van der Waals surface area contributed by atoms with E-state index >= 15 is 0 Å². The minimum atomic E-state index is -1.26. The molecule has 2 heterocycles. The second-order valence-electron chi connectivity index (χ2n) is 7.59. The van der Waals surface area contributed by atoms with Crippen molar-refractivity contribution in [2.24, 2.45) is 7.05 Å². The number of amides is 1. The predicted molar refractivity (Wildman–Crippen MR) is 123 cm³/mol. The van der Waals surface area contributed by atoms with Gasteiger partial charge in [-0.1, -0.05) is 48.5 Å². The molecule has 0 saturated heterocycles. The number of pyridine rings is 2. The molecule has 0 aliphatic heterocycles. The van der Waals surface area contributed by atoms with Crippen LogP contribution in [0, 0.1) is 0 Å². The summed E-state index contributed by atoms with van der Waals surface area (Å²) >= 11 is 0. The summed E-state index contributed by atoms with van der Waals surface area (Å²) in [6.45, 7) is -0.671. The molecule has 3 N–H and O–H groups in total. The molecular weight excluding hydrogens is 422 g/mol. The average molecular weight is 443 g/mol. The number of aryl methyl sites for hydroxylation is 1. The lowest BCUT2D eigenvalue weighted by atomic mass is 10.0. The Morgan fingerprint density at radius 2 is 1.73 bits per heavy atom. The summed E-state index contributed by atoms with van der Waals surface area (Å²) in [5.41, 5.74) is 2.65. The van der Waals surface area contributed by atoms with Gasteiger partial charge in [0.2, 0.25) is 0 Å². The van der Waals surface area contributed by atoms with Crippen LogP contribution in [0.5, 0.6) is 5.75 Å². The van der Waals surface area contributed by atoms with Gasteiger partial charge >= 0.3 is 5.97 Å². The number of aliphatic carboxylic acids is 1. The minimum absolute atomic E-state index is 0.207. The first-order valence-electron chi connectivity index (χ1n) is 10.2. The average Bonchev–Trinajstić information content (AvgIpc) is 2.82. The number of aromatic hydroxyl groups is 1. The summed E-state index contributed by atoms with van der Waals surface area (Å²) < 4.78 is 1.17. The molecule has 0 spiro atoms. The maximum absolute atomic E-state index is 12.7. The van der Waals surface area contributed by atoms with Gasteiger partial charge in [0.1, 0.15) is 23.5 Å². The van der Waals surface area contributed by atoms with E-state index < -0.39 is 35.3 Å². The first kappa shape index (κ1) is 21.8. The second-order valence-corrected chi connectivity index (χ2v) is 7.59. The lowest BCUT2D eigenvalue weighted by Crippen LogP contribution is -2.35. The van der Waals surface area contributed by atoms with Crippen LogP contribution in [0.15, 0.2) is 71.5 Å². The monoisotopic (exact) mass is 443 g/mol. The summed E-state index contributed by atoms with van der Waals surface area (Å²) in [4.78, 5) is 40.3. The molecule has 0 bridgehead atoms. The highest BCUT2D eigenvalue weighted by molar-refractivity contribution is 6.02. The molecule has 8 heteroatoms. The van der Waals surface area contributed by atoms with Crippen LogP contribution >= 0.6 is 0 Å². The van der Waals surface area contributed by atoms with E-state index in [1.165, 1.54) is 17.2 Å². The van der Waals surface area contributed by atoms with Gasteiger partial charge in [-0.2, -0.15) is 0 Å². The van der Waals surface area contributed by atoms with Crippen LogP contribution in [-0.4, -0.2) is 38.2 Å². The Labute approximate surface area is 188 Å². The molecule has 1 amide bonds. The molecule has 4 rings (SSSR count). The third-order valence-corrected chi connectivity index (χ3v) is 5.30. The highest BCUT2D eigenvalue weighted by atomic mass is 16.4. The van der Waals surface area contributed by atoms with Crippen molar-refractivity contribution in [2.75, 3.05) is 6.54 Å². The molecule has 0 fully saturated rings. The number of nitrogens with one attached hydrogen (secondary N) is 1. The van der Waals surface area contributed by atoms with E-state index in [4.69, 9.17) is 5.11 Å². The number of aromatic nitrogens is 2. The SMILES string of the molecule is Cn1c(=O)c(C(=O)NCC(=O)O)c(O)c2ccc(-c3cccc(Cc4ccccc4)c3)nc21. The fourth-order valence-corrected chi connectivity index (χ4v) is 3.67. The van der Waals surface area contributed by atoms with Crippen LogP contribution in [-0.2, 0) is 18.3 Å². The number of nitrogens with zero attached hydrogens (tertiary/aromatic N) is 2. The summed E-state index contributed by atoms with van der Waals surface area (Å²) in [5.74, 6) is -2.76. The molecule has 166 valence electrons. The zero-order valence-corrected chi connectivity index (χ0v) is 17.8. The minimum Gasteiger partial charge on any atom is -0.506 e. The Morgan fingerprint density at radius 3 is 2.45 bits per heavy atom. The topological polar surface area (TPSA) is 122 Å². The van der Waals surface area contributed by atoms with E-state index in [0.29, 0.717) is 5.69 Å². The van der Waals surface area contributed by atoms with E-state index in [2.05, 4.69) is 22.4 Å². The van der Waals surface area contributed by atoms with E-state index in [0.717, 1.165) is 17.5 Å². The normalized spacial score (nSPS) is 10.8. The molecule has 0 radical (unpaired) electrons. The van der Waals surface area contributed by atoms with E-state index in [9.17, 15) is 19.5 Å². The fraction of sp³-hybridized carbons (Fsp3) is 0.120. The van der Waals surface area contributed by atoms with Crippen LogP contribution < -0.4 is 10.9 Å². The van der Waals surface area contributed by atoms with Gasteiger partial charge < -0.3 is 15.5 Å². The van der Waals surface area contributed by atoms with E-state index in [1.807, 2.05) is 42.5 Å². The van der Waals surface area contributed by atoms with Crippen LogP contribution in [0.3, 0.4) is 0 Å². The van der Waals surface area contributed by atoms with Crippen molar-refractivity contribution in [3.05, 3.63) is 93.8 Å². The zero-order valence-electron chi connectivity index (χ0n) is 17.8. The highest BCUT2D eigenvalue weighted by Gasteiger charge is 2.22. The molecular formula is C25H21N3O5. The van der Waals surface area contributed by atoms with Gasteiger partial charge in [0.15, 0.2) is 0 Å². The number of hydrogen-bond acceptors (Lipinski definition) is 5. The number of hydrogen-bond donors (Lipinski definition) is 3. The zero-order chi connectivity index (χ0) is 23.5. The van der Waals surface area contributed by atoms with Crippen molar-refractivity contribution in [2.45, 2.75) is 6.42 Å². The van der Waals surface area contributed by atoms with Crippen molar-refractivity contribution in [1.29, 1.82) is 0 Å². The van der Waals surface area contributed by atoms with Gasteiger partial charge in [0.05, 0.1) is 11.1 Å². The molecule has 2 aromatic heterocycles. The third-order valence-electron chi connectivity index (χ3n) is 5.30. The van der Waals surface area contributed by atoms with E-state index in [1.54, 1.807) is 12.1 Å². The van der Waals surface area contributed by atoms with Crippen molar-refractivity contribution in [3.8, 4) is 17.0 Å². The highest BCUT2D eigenvalue weighted by Crippen LogP contribution is 2.28. The summed E-state index contributed by atoms with van der Waals surface area (Å²) in [6.07, 6.45) is 0.760. The molecule has 0 atom stereocenters. The lowest BCUT2D eigenvalue weighted by Gasteiger charge is -2.12. The molecule has 0 saturated carbocycles. The molecule has 8 nitrogen and oxygen atoms in total. The van der Waals surface area contributed by atoms with Gasteiger partial charge in [-0.3, -0.25) is 19.0 Å². The maximum Gasteiger partial charge on any atom is 0.322 e. The maximum atomic E-state index is 12.7. The molecule has 0 aliphatic rings. The molecule has 4 aromatic rings. The Bertz CT molecular complexity index is 1430. The van der Waals surface area contributed by atoms with Gasteiger partial charge in [0.25, 0.3) is 11.5 Å². The van der Waals surface area contributed by atoms with Gasteiger partial charge in [-0.05, 0) is 35.7 Å². The number of carbonyl (C=O) groups is 2. The molecule has 0 unspecified atom stereocenters. The van der Waals surface area contributed by atoms with Crippen molar-refractivity contribution in [3.63, 3.8) is 0 Å². The molecule has 33 heavy (non-hydrogen) atoms. The fourth-order valence-electron chi connectivity index (χ4n) is 3.67. The van der Waals surface area contributed by atoms with Crippen molar-refractivity contribution in [1.82, 2.24) is 14.9 Å². The summed E-state index contributed by atoms with van der Waals surface area (Å²) in [6, 6.07) is 21.3. The van der Waals surface area contributed by atoms with Crippen LogP contribution in [0.25, 0.3) is 22.3 Å². The van der Waals surface area contributed by atoms with Crippen LogP contribution in [0.1, 0.15) is 21.5 Å². The molecule has 2 aromatic carbocycles. The van der Waals surface area contributed by atoms with Crippen molar-refractivity contribution < 1.29 is 19.8 Å². The Hall–Kier alpha value is -4.46. The van der Waals surface area contributed by atoms with Crippen molar-refractivity contribution >= 4 is 22.9 Å². The smallest absolute Gasteiger partial charge is 0.322 e. The number of carboxylic acids is 1. The largest absolute Gasteiger partial charge is 0.506 e. The Kier molecular flexibility index (Phi) is 5.91. The van der Waals surface area contributed by atoms with Crippen LogP contribution in [0.4, 0.5) is 0 Å². The summed E-state index contributed by atoms with van der Waals surface area (Å²) in [5, 5.41) is 21.7. The number of carbonyl (C=O) groups excluding carboxylic acids is 1. The quantitative estimate of drug-likeness (QED) is 0.421. The Morgan fingerprint density at radius 1 is 1.00 bits per heavy atom. The first-order valence-corrected chi connectivity index (χ1v) is 10.2. The van der Waals surface area contributed by atoms with Gasteiger partial charge in [-0.15, -0.1) is 0 Å². The van der Waals surface area contributed by atoms with Gasteiger partial charge in [0, 0.05) is 12.6 Å². The number of carboxylic acid groups (broad SMARTS) is 1. The third kappa shape index (κ3) is 4.45.